The number of carbonyl (C=O) groups is 3. The predicted molar refractivity (Wildman–Crippen MR) is 166 cm³/mol. The first kappa shape index (κ1) is 29.8. The van der Waals surface area contributed by atoms with Gasteiger partial charge in [0.25, 0.3) is 0 Å². The maximum Gasteiger partial charge on any atom is 0.234 e. The molecule has 220 valence electrons. The molecule has 0 fully saturated rings. The molecule has 2 aliphatic rings. The molecule has 5 rings (SSSR count). The van der Waals surface area contributed by atoms with Gasteiger partial charge in [-0.05, 0) is 61.7 Å². The number of aromatic nitrogens is 2. The van der Waals surface area contributed by atoms with E-state index >= 15 is 0 Å². The zero-order chi connectivity index (χ0) is 30.5. The number of ketones is 1. The minimum atomic E-state index is -0.586. The highest BCUT2D eigenvalue weighted by Gasteiger charge is 2.41. The first-order valence-electron chi connectivity index (χ1n) is 13.6. The second-order valence-corrected chi connectivity index (χ2v) is 11.9. The molecule has 1 aromatic heterocycles. The van der Waals surface area contributed by atoms with E-state index < -0.39 is 5.92 Å². The third-order valence-corrected chi connectivity index (χ3v) is 8.88. The van der Waals surface area contributed by atoms with Crippen molar-refractivity contribution in [2.45, 2.75) is 43.4 Å². The molecule has 0 radical (unpaired) electrons. The average molecular weight is 616 g/mol. The fourth-order valence-electron chi connectivity index (χ4n) is 5.08. The Hall–Kier alpha value is -4.67. The molecule has 0 spiro atoms. The summed E-state index contributed by atoms with van der Waals surface area (Å²) in [5.41, 5.74) is 10.2. The van der Waals surface area contributed by atoms with Gasteiger partial charge >= 0.3 is 0 Å². The number of thioether (sulfide) groups is 1. The number of ether oxygens (including phenoxy) is 1. The van der Waals surface area contributed by atoms with Gasteiger partial charge in [-0.25, -0.2) is 0 Å². The maximum absolute atomic E-state index is 13.3. The van der Waals surface area contributed by atoms with E-state index in [4.69, 9.17) is 10.5 Å². The standard InChI is InChI=1S/C30H29N7O4S2/c1-3-41-21-13-7-18(8-14-21)26-22(15-31)28(32)37(23-5-4-6-24(39)27(23)26)29-35-36-30(43-29)42-16-25(40)34-20-11-9-19(10-12-20)33-17(2)38/h7-14,26H,3-6,16,32H2,1-2H3,(H,33,38)(H,34,40). The minimum absolute atomic E-state index is 0.0220. The van der Waals surface area contributed by atoms with Crippen LogP contribution in [0.1, 0.15) is 44.6 Å². The van der Waals surface area contributed by atoms with Crippen LogP contribution < -0.4 is 26.0 Å². The second-order valence-electron chi connectivity index (χ2n) is 9.76. The topological polar surface area (TPSA) is 163 Å². The average Bonchev–Trinajstić information content (AvgIpc) is 3.45. The molecule has 1 aliphatic carbocycles. The van der Waals surface area contributed by atoms with E-state index in [9.17, 15) is 19.6 Å². The molecule has 1 aliphatic heterocycles. The molecule has 2 amide bonds. The normalized spacial score (nSPS) is 16.4. The zero-order valence-corrected chi connectivity index (χ0v) is 25.2. The fraction of sp³-hybridized carbons (Fsp3) is 0.267. The third-order valence-electron chi connectivity index (χ3n) is 6.84. The number of hydrogen-bond acceptors (Lipinski definition) is 11. The number of carbonyl (C=O) groups excluding carboxylic acids is 3. The molecule has 13 heteroatoms. The molecule has 1 unspecified atom stereocenters. The van der Waals surface area contributed by atoms with Crippen LogP contribution in [-0.2, 0) is 14.4 Å². The zero-order valence-electron chi connectivity index (χ0n) is 23.5. The molecule has 0 saturated carbocycles. The van der Waals surface area contributed by atoms with Gasteiger partial charge in [0.1, 0.15) is 11.6 Å². The number of Topliss-reactive ketones (excluding diaryl/α,β-unsaturated/α-hetero) is 1. The van der Waals surface area contributed by atoms with Crippen molar-refractivity contribution in [1.82, 2.24) is 10.2 Å². The van der Waals surface area contributed by atoms with Crippen molar-refractivity contribution in [2.24, 2.45) is 5.73 Å². The molecule has 43 heavy (non-hydrogen) atoms. The molecule has 0 saturated heterocycles. The first-order valence-corrected chi connectivity index (χ1v) is 15.4. The van der Waals surface area contributed by atoms with E-state index in [1.54, 1.807) is 29.2 Å². The molecule has 4 N–H and O–H groups in total. The molecular weight excluding hydrogens is 587 g/mol. The van der Waals surface area contributed by atoms with Crippen molar-refractivity contribution in [2.75, 3.05) is 27.9 Å². The lowest BCUT2D eigenvalue weighted by molar-refractivity contribution is -0.116. The molecule has 11 nitrogen and oxygen atoms in total. The van der Waals surface area contributed by atoms with Crippen molar-refractivity contribution in [3.05, 3.63) is 76.8 Å². The molecule has 2 aromatic carbocycles. The van der Waals surface area contributed by atoms with E-state index in [0.717, 1.165) is 11.3 Å². The molecule has 1 atom stereocenters. The number of amides is 2. The largest absolute Gasteiger partial charge is 0.494 e. The van der Waals surface area contributed by atoms with Gasteiger partial charge in [0.05, 0.1) is 29.9 Å². The summed E-state index contributed by atoms with van der Waals surface area (Å²) < 4.78 is 6.10. The summed E-state index contributed by atoms with van der Waals surface area (Å²) in [6.07, 6.45) is 1.64. The lowest BCUT2D eigenvalue weighted by Gasteiger charge is -2.38. The van der Waals surface area contributed by atoms with Crippen molar-refractivity contribution < 1.29 is 19.1 Å². The van der Waals surface area contributed by atoms with Crippen molar-refractivity contribution in [3.63, 3.8) is 0 Å². The van der Waals surface area contributed by atoms with Gasteiger partial charge in [0, 0.05) is 36.0 Å². The van der Waals surface area contributed by atoms with Crippen molar-refractivity contribution in [3.8, 4) is 11.8 Å². The lowest BCUT2D eigenvalue weighted by Crippen LogP contribution is -2.38. The molecule has 2 heterocycles. The van der Waals surface area contributed by atoms with E-state index in [-0.39, 0.29) is 34.7 Å². The smallest absolute Gasteiger partial charge is 0.234 e. The second kappa shape index (κ2) is 13.1. The molecule has 3 aromatic rings. The number of hydrogen-bond donors (Lipinski definition) is 3. The Bertz CT molecular complexity index is 1660. The SMILES string of the molecule is CCOc1ccc(C2C(C#N)=C(N)N(c3nnc(SCC(=O)Nc4ccc(NC(C)=O)cc4)s3)C3=C2C(=O)CCC3)cc1. The van der Waals surface area contributed by atoms with Crippen molar-refractivity contribution in [1.29, 1.82) is 5.26 Å². The minimum Gasteiger partial charge on any atom is -0.494 e. The van der Waals surface area contributed by atoms with E-state index in [0.29, 0.717) is 58.0 Å². The number of benzene rings is 2. The van der Waals surface area contributed by atoms with Crippen LogP contribution in [-0.4, -0.2) is 40.2 Å². The number of nitrogens with zero attached hydrogens (tertiary/aromatic N) is 4. The number of allylic oxidation sites excluding steroid dienone is 3. The highest BCUT2D eigenvalue weighted by atomic mass is 32.2. The summed E-state index contributed by atoms with van der Waals surface area (Å²) >= 11 is 2.45. The first-order chi connectivity index (χ1) is 20.8. The fourth-order valence-corrected chi connectivity index (χ4v) is 6.76. The summed E-state index contributed by atoms with van der Waals surface area (Å²) in [6.45, 7) is 3.86. The van der Waals surface area contributed by atoms with Crippen LogP contribution in [0.4, 0.5) is 16.5 Å². The van der Waals surface area contributed by atoms with Gasteiger partial charge in [0.2, 0.25) is 16.9 Å². The quantitative estimate of drug-likeness (QED) is 0.281. The summed E-state index contributed by atoms with van der Waals surface area (Å²) in [5, 5.41) is 24.7. The summed E-state index contributed by atoms with van der Waals surface area (Å²) in [5.74, 6) is -0.0182. The van der Waals surface area contributed by atoms with Crippen molar-refractivity contribution >= 4 is 57.2 Å². The predicted octanol–water partition coefficient (Wildman–Crippen LogP) is 4.93. The Labute approximate surface area is 256 Å². The van der Waals surface area contributed by atoms with Crippen LogP contribution in [0.3, 0.4) is 0 Å². The van der Waals surface area contributed by atoms with E-state index in [1.165, 1.54) is 30.0 Å². The number of anilines is 3. The van der Waals surface area contributed by atoms with Gasteiger partial charge in [-0.3, -0.25) is 19.3 Å². The number of nitrogens with one attached hydrogen (secondary N) is 2. The van der Waals surface area contributed by atoms with E-state index in [1.807, 2.05) is 31.2 Å². The third kappa shape index (κ3) is 6.55. The van der Waals surface area contributed by atoms with Crippen LogP contribution >= 0.6 is 23.1 Å². The van der Waals surface area contributed by atoms with E-state index in [2.05, 4.69) is 26.9 Å². The lowest BCUT2D eigenvalue weighted by atomic mass is 9.76. The van der Waals surface area contributed by atoms with Crippen LogP contribution in [0.2, 0.25) is 0 Å². The Morgan fingerprint density at radius 3 is 2.47 bits per heavy atom. The Balaban J connectivity index is 1.35. The highest BCUT2D eigenvalue weighted by molar-refractivity contribution is 8.01. The molecule has 0 bridgehead atoms. The van der Waals surface area contributed by atoms with Crippen LogP contribution in [0.5, 0.6) is 5.75 Å². The van der Waals surface area contributed by atoms with Gasteiger partial charge < -0.3 is 21.1 Å². The summed E-state index contributed by atoms with van der Waals surface area (Å²) in [4.78, 5) is 38.8. The summed E-state index contributed by atoms with van der Waals surface area (Å²) in [6, 6.07) is 16.4. The number of nitrogens with two attached hydrogens (primary N) is 1. The Morgan fingerprint density at radius 1 is 1.12 bits per heavy atom. The van der Waals surface area contributed by atoms with Crippen LogP contribution in [0.25, 0.3) is 0 Å². The van der Waals surface area contributed by atoms with Crippen LogP contribution in [0.15, 0.2) is 75.5 Å². The highest BCUT2D eigenvalue weighted by Crippen LogP contribution is 2.47. The van der Waals surface area contributed by atoms with Gasteiger partial charge in [-0.2, -0.15) is 5.26 Å². The monoisotopic (exact) mass is 615 g/mol. The number of rotatable bonds is 9. The van der Waals surface area contributed by atoms with Gasteiger partial charge in [-0.15, -0.1) is 10.2 Å². The maximum atomic E-state index is 13.3. The molecular formula is C30H29N7O4S2. The summed E-state index contributed by atoms with van der Waals surface area (Å²) in [7, 11) is 0. The Morgan fingerprint density at radius 2 is 1.81 bits per heavy atom. The van der Waals surface area contributed by atoms with Gasteiger partial charge in [0.15, 0.2) is 10.1 Å². The van der Waals surface area contributed by atoms with Gasteiger partial charge in [-0.1, -0.05) is 35.2 Å². The Kier molecular flexibility index (Phi) is 9.08. The van der Waals surface area contributed by atoms with Crippen LogP contribution in [0, 0.1) is 11.3 Å². The number of nitriles is 1.